The average Bonchev–Trinajstić information content (AvgIpc) is 2.81. The van der Waals surface area contributed by atoms with Gasteiger partial charge in [-0.15, -0.1) is 0 Å². The molecule has 0 atom stereocenters. The summed E-state index contributed by atoms with van der Waals surface area (Å²) in [7, 11) is -0.464. The van der Waals surface area contributed by atoms with Gasteiger partial charge in [0.1, 0.15) is 0 Å². The largest absolute Gasteiger partial charge is 0.498 e. The third kappa shape index (κ3) is 3.93. The van der Waals surface area contributed by atoms with E-state index in [1.807, 2.05) is 27.7 Å². The first-order valence-electron chi connectivity index (χ1n) is 9.07. The van der Waals surface area contributed by atoms with Gasteiger partial charge in [0.2, 0.25) is 5.95 Å². The Labute approximate surface area is 154 Å². The third-order valence-electron chi connectivity index (χ3n) is 5.63. The molecule has 0 bridgehead atoms. The summed E-state index contributed by atoms with van der Waals surface area (Å²) in [6, 6.07) is 0. The minimum Gasteiger partial charge on any atom is -0.465 e. The average molecular weight is 362 g/mol. The van der Waals surface area contributed by atoms with Crippen molar-refractivity contribution in [2.75, 3.05) is 25.0 Å². The molecule has 2 saturated heterocycles. The van der Waals surface area contributed by atoms with E-state index in [4.69, 9.17) is 14.4 Å². The van der Waals surface area contributed by atoms with Crippen molar-refractivity contribution < 1.29 is 19.2 Å². The van der Waals surface area contributed by atoms with Crippen LogP contribution in [0.25, 0.3) is 0 Å². The van der Waals surface area contributed by atoms with E-state index in [9.17, 15) is 4.79 Å². The maximum Gasteiger partial charge on any atom is 0.498 e. The summed E-state index contributed by atoms with van der Waals surface area (Å²) in [6.45, 7) is 9.97. The SMILES string of the molecule is CC1(C)OB(c2cnc(NCC3CCN(C(=O)O)CC3)nc2)OC1(C)C. The molecule has 3 rings (SSSR count). The number of rotatable bonds is 4. The fourth-order valence-corrected chi connectivity index (χ4v) is 3.09. The maximum absolute atomic E-state index is 10.9. The number of likely N-dealkylation sites (tertiary alicyclic amines) is 1. The Balaban J connectivity index is 1.51. The van der Waals surface area contributed by atoms with Gasteiger partial charge in [0, 0.05) is 37.5 Å². The molecule has 2 fully saturated rings. The molecule has 8 nitrogen and oxygen atoms in total. The molecule has 0 spiro atoms. The Hall–Kier alpha value is -1.87. The molecule has 2 aliphatic heterocycles. The summed E-state index contributed by atoms with van der Waals surface area (Å²) >= 11 is 0. The van der Waals surface area contributed by atoms with Gasteiger partial charge in [-0.25, -0.2) is 14.8 Å². The van der Waals surface area contributed by atoms with Gasteiger partial charge in [0.25, 0.3) is 0 Å². The van der Waals surface area contributed by atoms with Gasteiger partial charge < -0.3 is 24.6 Å². The summed E-state index contributed by atoms with van der Waals surface area (Å²) in [5.74, 6) is 0.989. The van der Waals surface area contributed by atoms with Crippen LogP contribution in [0.15, 0.2) is 12.4 Å². The van der Waals surface area contributed by atoms with E-state index in [0.717, 1.165) is 24.8 Å². The maximum atomic E-state index is 10.9. The number of piperidine rings is 1. The highest BCUT2D eigenvalue weighted by atomic mass is 16.7. The van der Waals surface area contributed by atoms with E-state index in [-0.39, 0.29) is 11.2 Å². The second-order valence-corrected chi connectivity index (χ2v) is 8.02. The Morgan fingerprint density at radius 3 is 2.27 bits per heavy atom. The van der Waals surface area contributed by atoms with Crippen molar-refractivity contribution in [2.45, 2.75) is 51.7 Å². The molecule has 1 aromatic rings. The fourth-order valence-electron chi connectivity index (χ4n) is 3.09. The minimum atomic E-state index is -0.835. The van der Waals surface area contributed by atoms with Crippen molar-refractivity contribution >= 4 is 24.6 Å². The predicted octanol–water partition coefficient (Wildman–Crippen LogP) is 1.58. The zero-order valence-electron chi connectivity index (χ0n) is 15.9. The van der Waals surface area contributed by atoms with E-state index in [0.29, 0.717) is 25.0 Å². The first kappa shape index (κ1) is 18.9. The number of carboxylic acid groups (broad SMARTS) is 1. The fraction of sp³-hybridized carbons (Fsp3) is 0.706. The quantitative estimate of drug-likeness (QED) is 0.785. The summed E-state index contributed by atoms with van der Waals surface area (Å²) in [5.41, 5.74) is 0.0164. The van der Waals surface area contributed by atoms with Gasteiger partial charge in [-0.3, -0.25) is 0 Å². The lowest BCUT2D eigenvalue weighted by molar-refractivity contribution is 0.00578. The molecular weight excluding hydrogens is 335 g/mol. The Bertz CT molecular complexity index is 629. The lowest BCUT2D eigenvalue weighted by atomic mass is 9.81. The number of amides is 1. The van der Waals surface area contributed by atoms with Crippen molar-refractivity contribution in [1.82, 2.24) is 14.9 Å². The monoisotopic (exact) mass is 362 g/mol. The minimum absolute atomic E-state index is 0.389. The van der Waals surface area contributed by atoms with Crippen LogP contribution in [0, 0.1) is 5.92 Å². The molecule has 9 heteroatoms. The number of aromatic nitrogens is 2. The topological polar surface area (TPSA) is 96.8 Å². The number of nitrogens with zero attached hydrogens (tertiary/aromatic N) is 3. The zero-order valence-corrected chi connectivity index (χ0v) is 15.9. The molecule has 2 aliphatic rings. The van der Waals surface area contributed by atoms with Crippen LogP contribution < -0.4 is 10.8 Å². The van der Waals surface area contributed by atoms with Gasteiger partial charge in [-0.05, 0) is 46.5 Å². The number of hydrogen-bond donors (Lipinski definition) is 2. The standard InChI is InChI=1S/C17H27BN4O4/c1-16(2)17(3,4)26-18(25-16)13-10-20-14(21-11-13)19-9-12-5-7-22(8-6-12)15(23)24/h10-12H,5-9H2,1-4H3,(H,23,24)(H,19,20,21). The zero-order chi connectivity index (χ0) is 18.9. The molecule has 0 unspecified atom stereocenters. The van der Waals surface area contributed by atoms with Crippen LogP contribution in [0.4, 0.5) is 10.7 Å². The molecule has 26 heavy (non-hydrogen) atoms. The molecule has 0 aliphatic carbocycles. The number of carbonyl (C=O) groups is 1. The van der Waals surface area contributed by atoms with E-state index in [1.54, 1.807) is 12.4 Å². The van der Waals surface area contributed by atoms with Gasteiger partial charge >= 0.3 is 13.2 Å². The smallest absolute Gasteiger partial charge is 0.465 e. The summed E-state index contributed by atoms with van der Waals surface area (Å²) in [6.07, 6.45) is 4.32. The molecule has 1 aromatic heterocycles. The van der Waals surface area contributed by atoms with E-state index in [2.05, 4.69) is 15.3 Å². The van der Waals surface area contributed by atoms with Crippen LogP contribution in [0.5, 0.6) is 0 Å². The molecule has 142 valence electrons. The van der Waals surface area contributed by atoms with Crippen molar-refractivity contribution in [3.63, 3.8) is 0 Å². The van der Waals surface area contributed by atoms with Gasteiger partial charge in [-0.1, -0.05) is 0 Å². The number of hydrogen-bond acceptors (Lipinski definition) is 6. The van der Waals surface area contributed by atoms with E-state index in [1.165, 1.54) is 4.90 Å². The highest BCUT2D eigenvalue weighted by Crippen LogP contribution is 2.36. The third-order valence-corrected chi connectivity index (χ3v) is 5.63. The molecule has 3 heterocycles. The van der Waals surface area contributed by atoms with E-state index < -0.39 is 13.2 Å². The van der Waals surface area contributed by atoms with Crippen molar-refractivity contribution in [3.8, 4) is 0 Å². The lowest BCUT2D eigenvalue weighted by Crippen LogP contribution is -2.41. The first-order chi connectivity index (χ1) is 12.2. The van der Waals surface area contributed by atoms with Crippen LogP contribution in [-0.2, 0) is 9.31 Å². The predicted molar refractivity (Wildman–Crippen MR) is 98.6 cm³/mol. The van der Waals surface area contributed by atoms with Gasteiger partial charge in [0.15, 0.2) is 0 Å². The second-order valence-electron chi connectivity index (χ2n) is 8.02. The van der Waals surface area contributed by atoms with Crippen LogP contribution in [0.2, 0.25) is 0 Å². The van der Waals surface area contributed by atoms with Gasteiger partial charge in [-0.2, -0.15) is 0 Å². The first-order valence-corrected chi connectivity index (χ1v) is 9.07. The molecule has 2 N–H and O–H groups in total. The van der Waals surface area contributed by atoms with Crippen LogP contribution in [-0.4, -0.2) is 64.0 Å². The molecule has 0 saturated carbocycles. The van der Waals surface area contributed by atoms with Crippen LogP contribution in [0.3, 0.4) is 0 Å². The van der Waals surface area contributed by atoms with Crippen molar-refractivity contribution in [3.05, 3.63) is 12.4 Å². The Kier molecular flexibility index (Phi) is 5.12. The summed E-state index contributed by atoms with van der Waals surface area (Å²) < 4.78 is 12.0. The summed E-state index contributed by atoms with van der Waals surface area (Å²) in [4.78, 5) is 21.1. The lowest BCUT2D eigenvalue weighted by Gasteiger charge is -2.32. The van der Waals surface area contributed by atoms with Gasteiger partial charge in [0.05, 0.1) is 11.2 Å². The van der Waals surface area contributed by atoms with Crippen LogP contribution in [0.1, 0.15) is 40.5 Å². The molecule has 0 radical (unpaired) electrons. The second kappa shape index (κ2) is 7.04. The highest BCUT2D eigenvalue weighted by Gasteiger charge is 2.51. The van der Waals surface area contributed by atoms with Crippen molar-refractivity contribution in [1.29, 1.82) is 0 Å². The van der Waals surface area contributed by atoms with Crippen molar-refractivity contribution in [2.24, 2.45) is 5.92 Å². The Morgan fingerprint density at radius 2 is 1.77 bits per heavy atom. The Morgan fingerprint density at radius 1 is 1.23 bits per heavy atom. The van der Waals surface area contributed by atoms with E-state index >= 15 is 0 Å². The molecular formula is C17H27BN4O4. The number of nitrogens with one attached hydrogen (secondary N) is 1. The molecule has 0 aromatic carbocycles. The summed E-state index contributed by atoms with van der Waals surface area (Å²) in [5, 5.41) is 12.2. The highest BCUT2D eigenvalue weighted by molar-refractivity contribution is 6.61. The normalized spacial score (nSPS) is 22.5. The molecule has 1 amide bonds. The number of anilines is 1. The van der Waals surface area contributed by atoms with Crippen LogP contribution >= 0.6 is 0 Å².